The smallest absolute Gasteiger partial charge is 0.0845 e. The van der Waals surface area contributed by atoms with Crippen molar-refractivity contribution in [1.82, 2.24) is 20.3 Å². The molecular weight excluding hydrogens is 268 g/mol. The third-order valence-corrected chi connectivity index (χ3v) is 4.00. The van der Waals surface area contributed by atoms with Gasteiger partial charge in [-0.3, -0.25) is 4.68 Å². The fourth-order valence-corrected chi connectivity index (χ4v) is 2.88. The maximum Gasteiger partial charge on any atom is 0.0845 e. The molecule has 1 N–H and O–H groups in total. The Morgan fingerprint density at radius 3 is 2.55 bits per heavy atom. The standard InChI is InChI=1S/C15H22N4S/c1-4-16-15(10-13-11-19(3)18-17-13)12-6-8-14(9-7-12)20-5-2/h6-9,11,15-16H,4-5,10H2,1-3H3. The summed E-state index contributed by atoms with van der Waals surface area (Å²) in [7, 11) is 1.90. The number of rotatable bonds is 7. The predicted molar refractivity (Wildman–Crippen MR) is 84.0 cm³/mol. The highest BCUT2D eigenvalue weighted by molar-refractivity contribution is 7.99. The summed E-state index contributed by atoms with van der Waals surface area (Å²) in [5, 5.41) is 11.7. The van der Waals surface area contributed by atoms with Crippen LogP contribution in [-0.4, -0.2) is 27.3 Å². The van der Waals surface area contributed by atoms with Crippen LogP contribution in [-0.2, 0) is 13.5 Å². The van der Waals surface area contributed by atoms with E-state index in [2.05, 4.69) is 53.7 Å². The lowest BCUT2D eigenvalue weighted by Crippen LogP contribution is -2.23. The van der Waals surface area contributed by atoms with E-state index in [1.165, 1.54) is 10.5 Å². The van der Waals surface area contributed by atoms with Gasteiger partial charge >= 0.3 is 0 Å². The summed E-state index contributed by atoms with van der Waals surface area (Å²) < 4.78 is 1.75. The van der Waals surface area contributed by atoms with Gasteiger partial charge in [-0.05, 0) is 30.0 Å². The second-order valence-electron chi connectivity index (χ2n) is 4.70. The highest BCUT2D eigenvalue weighted by Gasteiger charge is 2.13. The number of nitrogens with zero attached hydrogens (tertiary/aromatic N) is 3. The van der Waals surface area contributed by atoms with Gasteiger partial charge in [-0.2, -0.15) is 0 Å². The highest BCUT2D eigenvalue weighted by atomic mass is 32.2. The van der Waals surface area contributed by atoms with E-state index in [4.69, 9.17) is 0 Å². The minimum atomic E-state index is 0.289. The number of nitrogens with one attached hydrogen (secondary N) is 1. The zero-order valence-electron chi connectivity index (χ0n) is 12.3. The summed E-state index contributed by atoms with van der Waals surface area (Å²) in [6.45, 7) is 5.25. The average molecular weight is 290 g/mol. The highest BCUT2D eigenvalue weighted by Crippen LogP contribution is 2.22. The topological polar surface area (TPSA) is 42.7 Å². The molecule has 0 saturated carbocycles. The van der Waals surface area contributed by atoms with Crippen LogP contribution < -0.4 is 5.32 Å². The number of hydrogen-bond donors (Lipinski definition) is 1. The Hall–Kier alpha value is -1.33. The van der Waals surface area contributed by atoms with Crippen molar-refractivity contribution in [1.29, 1.82) is 0 Å². The molecule has 0 aliphatic rings. The van der Waals surface area contributed by atoms with E-state index in [-0.39, 0.29) is 6.04 Å². The molecule has 1 unspecified atom stereocenters. The molecule has 1 aromatic carbocycles. The molecule has 1 atom stereocenters. The van der Waals surface area contributed by atoms with Crippen molar-refractivity contribution >= 4 is 11.8 Å². The van der Waals surface area contributed by atoms with Crippen molar-refractivity contribution in [3.05, 3.63) is 41.7 Å². The van der Waals surface area contributed by atoms with Crippen LogP contribution in [0.25, 0.3) is 0 Å². The van der Waals surface area contributed by atoms with E-state index >= 15 is 0 Å². The monoisotopic (exact) mass is 290 g/mol. The van der Waals surface area contributed by atoms with Gasteiger partial charge in [0.25, 0.3) is 0 Å². The third-order valence-electron chi connectivity index (χ3n) is 3.11. The van der Waals surface area contributed by atoms with Gasteiger partial charge in [-0.15, -0.1) is 16.9 Å². The van der Waals surface area contributed by atoms with E-state index in [1.807, 2.05) is 25.0 Å². The first kappa shape index (κ1) is 15.1. The second kappa shape index (κ2) is 7.45. The van der Waals surface area contributed by atoms with Gasteiger partial charge in [0.05, 0.1) is 5.69 Å². The molecular formula is C15H22N4S. The Morgan fingerprint density at radius 1 is 1.25 bits per heavy atom. The molecule has 1 heterocycles. The third kappa shape index (κ3) is 4.08. The number of thioether (sulfide) groups is 1. The normalized spacial score (nSPS) is 12.6. The van der Waals surface area contributed by atoms with Crippen LogP contribution in [0.15, 0.2) is 35.4 Å². The Labute approximate surface area is 125 Å². The molecule has 0 aliphatic carbocycles. The van der Waals surface area contributed by atoms with Crippen LogP contribution in [0.2, 0.25) is 0 Å². The van der Waals surface area contributed by atoms with Gasteiger partial charge < -0.3 is 5.32 Å². The van der Waals surface area contributed by atoms with E-state index in [1.54, 1.807) is 4.68 Å². The Balaban J connectivity index is 2.10. The summed E-state index contributed by atoms with van der Waals surface area (Å²) in [6.07, 6.45) is 2.84. The van der Waals surface area contributed by atoms with Gasteiger partial charge in [-0.1, -0.05) is 31.2 Å². The fraction of sp³-hybridized carbons (Fsp3) is 0.467. The van der Waals surface area contributed by atoms with Gasteiger partial charge in [0.2, 0.25) is 0 Å². The first-order valence-corrected chi connectivity index (χ1v) is 8.02. The van der Waals surface area contributed by atoms with E-state index in [9.17, 15) is 0 Å². The van der Waals surface area contributed by atoms with Crippen LogP contribution in [0.5, 0.6) is 0 Å². The van der Waals surface area contributed by atoms with Gasteiger partial charge in [0.1, 0.15) is 0 Å². The van der Waals surface area contributed by atoms with Crippen LogP contribution in [0.4, 0.5) is 0 Å². The van der Waals surface area contributed by atoms with Gasteiger partial charge in [-0.25, -0.2) is 0 Å². The number of likely N-dealkylation sites (N-methyl/N-ethyl adjacent to an activating group) is 1. The number of aryl methyl sites for hydroxylation is 1. The lowest BCUT2D eigenvalue weighted by Gasteiger charge is -2.17. The molecule has 0 amide bonds. The van der Waals surface area contributed by atoms with Crippen LogP contribution in [0.1, 0.15) is 31.1 Å². The molecule has 20 heavy (non-hydrogen) atoms. The Bertz CT molecular complexity index is 521. The first-order valence-electron chi connectivity index (χ1n) is 7.04. The summed E-state index contributed by atoms with van der Waals surface area (Å²) >= 11 is 1.87. The summed E-state index contributed by atoms with van der Waals surface area (Å²) in [5.74, 6) is 1.11. The average Bonchev–Trinajstić information content (AvgIpc) is 2.85. The van der Waals surface area contributed by atoms with Crippen LogP contribution in [0.3, 0.4) is 0 Å². The minimum Gasteiger partial charge on any atom is -0.310 e. The van der Waals surface area contributed by atoms with Crippen LogP contribution in [0, 0.1) is 0 Å². The first-order chi connectivity index (χ1) is 9.72. The molecule has 0 fully saturated rings. The molecule has 5 heteroatoms. The zero-order valence-corrected chi connectivity index (χ0v) is 13.2. The summed E-state index contributed by atoms with van der Waals surface area (Å²) in [4.78, 5) is 1.33. The number of benzene rings is 1. The van der Waals surface area contributed by atoms with E-state index < -0.39 is 0 Å². The Kier molecular flexibility index (Phi) is 5.61. The van der Waals surface area contributed by atoms with Gasteiger partial charge in [0, 0.05) is 30.6 Å². The van der Waals surface area contributed by atoms with Crippen LogP contribution >= 0.6 is 11.8 Å². The molecule has 108 valence electrons. The predicted octanol–water partition coefficient (Wildman–Crippen LogP) is 2.82. The largest absolute Gasteiger partial charge is 0.310 e. The van der Waals surface area contributed by atoms with Crippen molar-refractivity contribution < 1.29 is 0 Å². The van der Waals surface area contributed by atoms with Crippen molar-refractivity contribution in [3.63, 3.8) is 0 Å². The molecule has 0 aliphatic heterocycles. The molecule has 1 aromatic heterocycles. The molecule has 0 radical (unpaired) electrons. The lowest BCUT2D eigenvalue weighted by molar-refractivity contribution is 0.543. The molecule has 0 saturated heterocycles. The van der Waals surface area contributed by atoms with Crippen molar-refractivity contribution in [2.45, 2.75) is 31.2 Å². The SMILES string of the molecule is CCNC(Cc1cn(C)nn1)c1ccc(SCC)cc1. The van der Waals surface area contributed by atoms with E-state index in [0.29, 0.717) is 0 Å². The van der Waals surface area contributed by atoms with Crippen molar-refractivity contribution in [2.75, 3.05) is 12.3 Å². The quantitative estimate of drug-likeness (QED) is 0.796. The zero-order chi connectivity index (χ0) is 14.4. The maximum absolute atomic E-state index is 4.18. The minimum absolute atomic E-state index is 0.289. The van der Waals surface area contributed by atoms with E-state index in [0.717, 1.165) is 24.4 Å². The van der Waals surface area contributed by atoms with Gasteiger partial charge in [0.15, 0.2) is 0 Å². The molecule has 2 aromatic rings. The maximum atomic E-state index is 4.18. The molecule has 0 spiro atoms. The van der Waals surface area contributed by atoms with Crippen molar-refractivity contribution in [3.8, 4) is 0 Å². The summed E-state index contributed by atoms with van der Waals surface area (Å²) in [6, 6.07) is 9.11. The number of hydrogen-bond acceptors (Lipinski definition) is 4. The molecule has 0 bridgehead atoms. The Morgan fingerprint density at radius 2 is 2.00 bits per heavy atom. The summed E-state index contributed by atoms with van der Waals surface area (Å²) in [5.41, 5.74) is 2.32. The second-order valence-corrected chi connectivity index (χ2v) is 6.04. The van der Waals surface area contributed by atoms with Crippen molar-refractivity contribution in [2.24, 2.45) is 7.05 Å². The molecule has 2 rings (SSSR count). The number of aromatic nitrogens is 3. The fourth-order valence-electron chi connectivity index (χ4n) is 2.22. The lowest BCUT2D eigenvalue weighted by atomic mass is 10.0. The molecule has 4 nitrogen and oxygen atoms in total.